The predicted molar refractivity (Wildman–Crippen MR) is 102 cm³/mol. The summed E-state index contributed by atoms with van der Waals surface area (Å²) in [4.78, 5) is 18.5. The molecule has 1 amide bonds. The number of aromatic nitrogens is 1. The quantitative estimate of drug-likeness (QED) is 0.660. The number of nitrogens with one attached hydrogen (secondary N) is 1. The lowest BCUT2D eigenvalue weighted by molar-refractivity contribution is -0.0221. The summed E-state index contributed by atoms with van der Waals surface area (Å²) in [5.41, 5.74) is 1.03. The van der Waals surface area contributed by atoms with Gasteiger partial charge in [-0.3, -0.25) is 4.79 Å². The number of hydrogen-bond donors (Lipinski definition) is 1. The van der Waals surface area contributed by atoms with E-state index in [-0.39, 0.29) is 31.5 Å². The second kappa shape index (κ2) is 7.42. The van der Waals surface area contributed by atoms with Crippen LogP contribution in [-0.4, -0.2) is 29.9 Å². The Balaban J connectivity index is 1.78. The van der Waals surface area contributed by atoms with E-state index >= 15 is 0 Å². The fourth-order valence-electron chi connectivity index (χ4n) is 2.82. The van der Waals surface area contributed by atoms with Crippen molar-refractivity contribution in [3.05, 3.63) is 51.0 Å². The minimum atomic E-state index is -2.64. The minimum Gasteiger partial charge on any atom is -0.356 e. The fraction of sp³-hybridized carbons (Fsp3) is 0.333. The summed E-state index contributed by atoms with van der Waals surface area (Å²) in [5.74, 6) is -3.28. The van der Waals surface area contributed by atoms with E-state index in [9.17, 15) is 18.0 Å². The van der Waals surface area contributed by atoms with Crippen LogP contribution in [0, 0.1) is 16.3 Å². The van der Waals surface area contributed by atoms with Gasteiger partial charge in [0.1, 0.15) is 11.6 Å². The second-order valence-corrected chi connectivity index (χ2v) is 7.52. The van der Waals surface area contributed by atoms with Gasteiger partial charge in [0, 0.05) is 46.9 Å². The topological polar surface area (TPSA) is 45.2 Å². The van der Waals surface area contributed by atoms with E-state index in [0.717, 1.165) is 0 Å². The fourth-order valence-corrected chi connectivity index (χ4v) is 3.27. The maximum atomic E-state index is 14.0. The molecular formula is C18H17F3IN3O. The zero-order valence-corrected chi connectivity index (χ0v) is 16.2. The highest BCUT2D eigenvalue weighted by molar-refractivity contribution is 14.1. The van der Waals surface area contributed by atoms with Gasteiger partial charge in [0.05, 0.1) is 5.56 Å². The van der Waals surface area contributed by atoms with E-state index in [0.29, 0.717) is 20.8 Å². The molecule has 0 atom stereocenters. The lowest BCUT2D eigenvalue weighted by Gasteiger charge is -2.32. The molecule has 1 aliphatic rings. The van der Waals surface area contributed by atoms with Crippen LogP contribution in [0.15, 0.2) is 30.3 Å². The van der Waals surface area contributed by atoms with Crippen LogP contribution in [0.5, 0.6) is 0 Å². The van der Waals surface area contributed by atoms with Crippen molar-refractivity contribution in [2.45, 2.75) is 25.7 Å². The largest absolute Gasteiger partial charge is 0.356 e. The average Bonchev–Trinajstić information content (AvgIpc) is 2.54. The number of rotatable bonds is 3. The number of piperidine rings is 1. The van der Waals surface area contributed by atoms with Gasteiger partial charge < -0.3 is 10.2 Å². The van der Waals surface area contributed by atoms with Crippen LogP contribution < -0.4 is 10.2 Å². The molecule has 0 radical (unpaired) electrons. The van der Waals surface area contributed by atoms with Gasteiger partial charge in [0.2, 0.25) is 0 Å². The molecule has 1 aromatic heterocycles. The minimum absolute atomic E-state index is 0.0564. The van der Waals surface area contributed by atoms with Crippen molar-refractivity contribution >= 4 is 40.0 Å². The van der Waals surface area contributed by atoms with Gasteiger partial charge >= 0.3 is 0 Å². The number of carbonyl (C=O) groups is 1. The van der Waals surface area contributed by atoms with Crippen molar-refractivity contribution in [3.8, 4) is 0 Å². The number of benzene rings is 1. The van der Waals surface area contributed by atoms with E-state index in [1.165, 1.54) is 12.1 Å². The second-order valence-electron chi connectivity index (χ2n) is 6.28. The van der Waals surface area contributed by atoms with E-state index in [1.807, 2.05) is 22.6 Å². The summed E-state index contributed by atoms with van der Waals surface area (Å²) in [6.45, 7) is 2.15. The molecule has 2 heterocycles. The first-order chi connectivity index (χ1) is 12.2. The Labute approximate surface area is 162 Å². The lowest BCUT2D eigenvalue weighted by Crippen LogP contribution is -2.39. The molecule has 1 saturated heterocycles. The van der Waals surface area contributed by atoms with Gasteiger partial charge in [-0.25, -0.2) is 18.2 Å². The molecule has 1 N–H and O–H groups in total. The van der Waals surface area contributed by atoms with Crippen molar-refractivity contribution in [1.29, 1.82) is 0 Å². The molecule has 138 valence electrons. The van der Waals surface area contributed by atoms with Crippen LogP contribution in [0.2, 0.25) is 0 Å². The van der Waals surface area contributed by atoms with Crippen LogP contribution in [0.1, 0.15) is 28.9 Å². The first-order valence-electron chi connectivity index (χ1n) is 8.11. The monoisotopic (exact) mass is 475 g/mol. The standard InChI is InChI=1S/C18H17F3IN3O/c1-11-8-13(24-17(26)14-3-2-12(22)9-15(14)19)10-16(23-11)25-6-4-18(20,21)5-7-25/h2-3,8-10H,4-7H2,1H3,(H,23,24,26). The maximum Gasteiger partial charge on any atom is 0.258 e. The van der Waals surface area contributed by atoms with Gasteiger partial charge in [-0.15, -0.1) is 0 Å². The van der Waals surface area contributed by atoms with E-state index in [4.69, 9.17) is 0 Å². The Hall–Kier alpha value is -1.84. The Morgan fingerprint density at radius 3 is 2.58 bits per heavy atom. The number of pyridine rings is 1. The van der Waals surface area contributed by atoms with Crippen molar-refractivity contribution < 1.29 is 18.0 Å². The molecular weight excluding hydrogens is 458 g/mol. The number of nitrogens with zero attached hydrogens (tertiary/aromatic N) is 2. The molecule has 1 aromatic carbocycles. The normalized spacial score (nSPS) is 16.4. The number of alkyl halides is 2. The Bertz CT molecular complexity index is 834. The Morgan fingerprint density at radius 2 is 1.92 bits per heavy atom. The smallest absolute Gasteiger partial charge is 0.258 e. The first-order valence-corrected chi connectivity index (χ1v) is 9.19. The van der Waals surface area contributed by atoms with Crippen molar-refractivity contribution in [1.82, 2.24) is 4.98 Å². The van der Waals surface area contributed by atoms with Crippen molar-refractivity contribution in [2.24, 2.45) is 0 Å². The Morgan fingerprint density at radius 1 is 1.23 bits per heavy atom. The molecule has 2 aromatic rings. The lowest BCUT2D eigenvalue weighted by atomic mass is 10.1. The highest BCUT2D eigenvalue weighted by atomic mass is 127. The Kier molecular flexibility index (Phi) is 5.40. The molecule has 0 saturated carbocycles. The molecule has 0 bridgehead atoms. The number of amides is 1. The number of aryl methyl sites for hydroxylation is 1. The summed E-state index contributed by atoms with van der Waals surface area (Å²) in [7, 11) is 0. The van der Waals surface area contributed by atoms with Gasteiger partial charge in [0.25, 0.3) is 11.8 Å². The van der Waals surface area contributed by atoms with Crippen LogP contribution in [0.3, 0.4) is 0 Å². The SMILES string of the molecule is Cc1cc(NC(=O)c2ccc(I)cc2F)cc(N2CCC(F)(F)CC2)n1. The summed E-state index contributed by atoms with van der Waals surface area (Å²) in [5, 5.41) is 2.66. The molecule has 4 nitrogen and oxygen atoms in total. The highest BCUT2D eigenvalue weighted by Gasteiger charge is 2.34. The number of anilines is 2. The van der Waals surface area contributed by atoms with E-state index < -0.39 is 17.6 Å². The van der Waals surface area contributed by atoms with Crippen molar-refractivity contribution in [2.75, 3.05) is 23.3 Å². The zero-order chi connectivity index (χ0) is 18.9. The molecule has 1 fully saturated rings. The summed E-state index contributed by atoms with van der Waals surface area (Å²) >= 11 is 1.97. The predicted octanol–water partition coefficient (Wildman–Crippen LogP) is 4.62. The number of hydrogen-bond acceptors (Lipinski definition) is 3. The van der Waals surface area contributed by atoms with Crippen LogP contribution in [0.25, 0.3) is 0 Å². The molecule has 1 aliphatic heterocycles. The van der Waals surface area contributed by atoms with E-state index in [2.05, 4.69) is 10.3 Å². The van der Waals surface area contributed by atoms with Gasteiger partial charge in [0.15, 0.2) is 0 Å². The van der Waals surface area contributed by atoms with Gasteiger partial charge in [-0.05, 0) is 53.8 Å². The molecule has 3 rings (SSSR count). The highest BCUT2D eigenvalue weighted by Crippen LogP contribution is 2.30. The number of carbonyl (C=O) groups excluding carboxylic acids is 1. The molecule has 0 aliphatic carbocycles. The zero-order valence-electron chi connectivity index (χ0n) is 14.0. The van der Waals surface area contributed by atoms with Crippen molar-refractivity contribution in [3.63, 3.8) is 0 Å². The maximum absolute atomic E-state index is 14.0. The molecule has 8 heteroatoms. The third kappa shape index (κ3) is 4.46. The number of halogens is 4. The van der Waals surface area contributed by atoms with E-state index in [1.54, 1.807) is 30.0 Å². The van der Waals surface area contributed by atoms with Gasteiger partial charge in [-0.1, -0.05) is 0 Å². The van der Waals surface area contributed by atoms with Crippen LogP contribution in [0.4, 0.5) is 24.7 Å². The van der Waals surface area contributed by atoms with Crippen LogP contribution >= 0.6 is 22.6 Å². The summed E-state index contributed by atoms with van der Waals surface area (Å²) in [6.07, 6.45) is -0.448. The molecule has 26 heavy (non-hydrogen) atoms. The average molecular weight is 475 g/mol. The third-order valence-corrected chi connectivity index (χ3v) is 4.86. The molecule has 0 spiro atoms. The van der Waals surface area contributed by atoms with Gasteiger partial charge in [-0.2, -0.15) is 0 Å². The molecule has 0 unspecified atom stereocenters. The third-order valence-electron chi connectivity index (χ3n) is 4.19. The summed E-state index contributed by atoms with van der Waals surface area (Å²) in [6, 6.07) is 7.64. The summed E-state index contributed by atoms with van der Waals surface area (Å²) < 4.78 is 41.3. The van der Waals surface area contributed by atoms with Crippen LogP contribution in [-0.2, 0) is 0 Å². The first kappa shape index (κ1) is 18.9.